The molecule has 0 fully saturated rings. The third-order valence-electron chi connectivity index (χ3n) is 0.833. The molecule has 0 amide bonds. The summed E-state index contributed by atoms with van der Waals surface area (Å²) in [4.78, 5) is 10.1. The zero-order valence-corrected chi connectivity index (χ0v) is 7.64. The van der Waals surface area contributed by atoms with Crippen molar-refractivity contribution in [2.75, 3.05) is 0 Å². The van der Waals surface area contributed by atoms with E-state index in [9.17, 15) is 4.79 Å². The van der Waals surface area contributed by atoms with Gasteiger partial charge in [0.15, 0.2) is 0 Å². The molecule has 0 aromatic carbocycles. The van der Waals surface area contributed by atoms with Crippen LogP contribution in [0.3, 0.4) is 0 Å². The van der Waals surface area contributed by atoms with E-state index in [4.69, 9.17) is 5.11 Å². The fourth-order valence-electron chi connectivity index (χ4n) is 0.478. The summed E-state index contributed by atoms with van der Waals surface area (Å²) >= 11 is 1.77. The molecule has 1 N–H and O–H groups in total. The second-order valence-corrected chi connectivity index (χ2v) is 5.28. The quantitative estimate of drug-likeness (QED) is 0.758. The summed E-state index contributed by atoms with van der Waals surface area (Å²) in [7, 11) is 0. The maximum atomic E-state index is 10.1. The van der Waals surface area contributed by atoms with Crippen molar-refractivity contribution in [3.63, 3.8) is 0 Å². The van der Waals surface area contributed by atoms with E-state index in [1.807, 2.05) is 17.5 Å². The topological polar surface area (TPSA) is 37.3 Å². The van der Waals surface area contributed by atoms with E-state index in [-0.39, 0.29) is 15.0 Å². The average molecular weight is 221 g/mol. The van der Waals surface area contributed by atoms with E-state index in [1.165, 1.54) is 3.78 Å². The van der Waals surface area contributed by atoms with Gasteiger partial charge in [-0.3, -0.25) is 0 Å². The van der Waals surface area contributed by atoms with Crippen LogP contribution in [0.1, 0.15) is 0 Å². The summed E-state index contributed by atoms with van der Waals surface area (Å²) < 4.78 is 1.20. The van der Waals surface area contributed by atoms with Crippen molar-refractivity contribution in [3.05, 3.63) is 17.5 Å². The van der Waals surface area contributed by atoms with Crippen LogP contribution in [0.25, 0.3) is 0 Å². The number of carboxylic acid groups (broad SMARTS) is 1. The van der Waals surface area contributed by atoms with Crippen molar-refractivity contribution in [2.45, 2.75) is 5.32 Å². The van der Waals surface area contributed by atoms with Gasteiger partial charge in [-0.1, -0.05) is 0 Å². The van der Waals surface area contributed by atoms with Crippen molar-refractivity contribution < 1.29 is 9.90 Å². The molecule has 0 aliphatic heterocycles. The van der Waals surface area contributed by atoms with Crippen LogP contribution >= 0.6 is 11.3 Å². The molecule has 0 bridgehead atoms. The Labute approximate surface area is 69.0 Å². The van der Waals surface area contributed by atoms with Gasteiger partial charge in [0, 0.05) is 0 Å². The van der Waals surface area contributed by atoms with E-state index < -0.39 is 5.97 Å². The molecule has 1 rings (SSSR count). The van der Waals surface area contributed by atoms with Crippen LogP contribution in [0, 0.1) is 0 Å². The van der Waals surface area contributed by atoms with Gasteiger partial charge in [-0.15, -0.1) is 0 Å². The van der Waals surface area contributed by atoms with E-state index >= 15 is 0 Å². The third kappa shape index (κ3) is 2.52. The fourth-order valence-corrected chi connectivity index (χ4v) is 3.00. The number of rotatable bonds is 3. The molecule has 1 aromatic heterocycles. The Balaban J connectivity index is 2.35. The fraction of sp³-hybridized carbons (Fsp3) is 0.167. The second-order valence-electron chi connectivity index (χ2n) is 1.61. The molecule has 1 aromatic rings. The molecule has 0 aliphatic rings. The Hall–Kier alpha value is -0.311. The zero-order valence-electron chi connectivity index (χ0n) is 5.11. The van der Waals surface area contributed by atoms with Crippen LogP contribution in [0.15, 0.2) is 17.5 Å². The number of hydrogen-bond acceptors (Lipinski definition) is 2. The first-order valence-electron chi connectivity index (χ1n) is 2.67. The van der Waals surface area contributed by atoms with E-state index in [2.05, 4.69) is 0 Å². The monoisotopic (exact) mass is 222 g/mol. The number of aliphatic carboxylic acids is 1. The first-order valence-corrected chi connectivity index (χ1v) is 5.62. The Bertz CT molecular complexity index is 208. The molecule has 0 saturated carbocycles. The molecule has 0 atom stereocenters. The molecule has 0 saturated heterocycles. The van der Waals surface area contributed by atoms with Gasteiger partial charge in [0.1, 0.15) is 0 Å². The molecular weight excluding hydrogens is 215 g/mol. The van der Waals surface area contributed by atoms with Gasteiger partial charge < -0.3 is 0 Å². The molecular formula is C6H6O2SSe. The Morgan fingerprint density at radius 3 is 3.10 bits per heavy atom. The number of carbonyl (C=O) groups is 1. The van der Waals surface area contributed by atoms with E-state index in [0.717, 1.165) is 0 Å². The van der Waals surface area contributed by atoms with Crippen molar-refractivity contribution in [1.82, 2.24) is 0 Å². The molecule has 2 nitrogen and oxygen atoms in total. The van der Waals surface area contributed by atoms with Crippen LogP contribution < -0.4 is 3.78 Å². The molecule has 0 spiro atoms. The molecule has 0 unspecified atom stereocenters. The Morgan fingerprint density at radius 1 is 1.80 bits per heavy atom. The summed E-state index contributed by atoms with van der Waals surface area (Å²) in [5, 5.41) is 10.6. The number of carboxylic acids is 1. The number of hydrogen-bond donors (Lipinski definition) is 1. The summed E-state index contributed by atoms with van der Waals surface area (Å²) in [5.74, 6) is -0.701. The molecule has 54 valence electrons. The van der Waals surface area contributed by atoms with Gasteiger partial charge in [0.25, 0.3) is 0 Å². The Kier molecular flexibility index (Phi) is 2.93. The minimum atomic E-state index is -0.701. The minimum absolute atomic E-state index is 0.139. The van der Waals surface area contributed by atoms with Gasteiger partial charge in [-0.05, 0) is 0 Å². The zero-order chi connectivity index (χ0) is 7.40. The van der Waals surface area contributed by atoms with Crippen molar-refractivity contribution in [1.29, 1.82) is 0 Å². The maximum absolute atomic E-state index is 10.1. The SMILES string of the molecule is O=C(O)C[Se]c1cccs1. The first-order chi connectivity index (χ1) is 4.79. The van der Waals surface area contributed by atoms with Gasteiger partial charge in [-0.2, -0.15) is 0 Å². The number of thiophene rings is 1. The van der Waals surface area contributed by atoms with Crippen molar-refractivity contribution >= 4 is 36.0 Å². The van der Waals surface area contributed by atoms with Gasteiger partial charge >= 0.3 is 68.8 Å². The van der Waals surface area contributed by atoms with Crippen LogP contribution in [-0.2, 0) is 4.79 Å². The van der Waals surface area contributed by atoms with Gasteiger partial charge in [0.05, 0.1) is 0 Å². The van der Waals surface area contributed by atoms with Crippen molar-refractivity contribution in [2.24, 2.45) is 0 Å². The predicted octanol–water partition coefficient (Wildman–Crippen LogP) is 0.581. The molecule has 4 heteroatoms. The third-order valence-corrected chi connectivity index (χ3v) is 4.42. The first kappa shape index (κ1) is 7.79. The molecule has 10 heavy (non-hydrogen) atoms. The standard InChI is InChI=1S/C6H6O2SSe/c7-5(8)4-10-6-2-1-3-9-6/h1-3H,4H2,(H,7,8). The van der Waals surface area contributed by atoms with Gasteiger partial charge in [0.2, 0.25) is 0 Å². The van der Waals surface area contributed by atoms with Crippen LogP contribution in [-0.4, -0.2) is 26.0 Å². The average Bonchev–Trinajstić information content (AvgIpc) is 2.34. The molecule has 1 heterocycles. The summed E-state index contributed by atoms with van der Waals surface area (Å²) in [6, 6.07) is 3.93. The second kappa shape index (κ2) is 3.76. The molecule has 0 aliphatic carbocycles. The van der Waals surface area contributed by atoms with Gasteiger partial charge in [-0.25, -0.2) is 0 Å². The van der Waals surface area contributed by atoms with E-state index in [0.29, 0.717) is 5.32 Å². The summed E-state index contributed by atoms with van der Waals surface area (Å²) in [6.45, 7) is 0. The van der Waals surface area contributed by atoms with Crippen LogP contribution in [0.5, 0.6) is 0 Å². The normalized spacial score (nSPS) is 9.60. The summed E-state index contributed by atoms with van der Waals surface area (Å²) in [6.07, 6.45) is 0. The van der Waals surface area contributed by atoms with Crippen molar-refractivity contribution in [3.8, 4) is 0 Å². The van der Waals surface area contributed by atoms with Crippen LogP contribution in [0.4, 0.5) is 0 Å². The predicted molar refractivity (Wildman–Crippen MR) is 42.1 cm³/mol. The molecule has 0 radical (unpaired) electrons. The van der Waals surface area contributed by atoms with E-state index in [1.54, 1.807) is 11.3 Å². The van der Waals surface area contributed by atoms with Crippen LogP contribution in [0.2, 0.25) is 5.32 Å². The summed E-state index contributed by atoms with van der Waals surface area (Å²) in [5.41, 5.74) is 0. The Morgan fingerprint density at radius 2 is 2.60 bits per heavy atom.